The van der Waals surface area contributed by atoms with Crippen molar-refractivity contribution in [2.45, 2.75) is 20.0 Å². The highest BCUT2D eigenvalue weighted by molar-refractivity contribution is 6.09. The largest absolute Gasteiger partial charge is 0.454 e. The van der Waals surface area contributed by atoms with Gasteiger partial charge in [0.15, 0.2) is 11.7 Å². The summed E-state index contributed by atoms with van der Waals surface area (Å²) in [4.78, 5) is 7.72. The van der Waals surface area contributed by atoms with Gasteiger partial charge >= 0.3 is 0 Å². The summed E-state index contributed by atoms with van der Waals surface area (Å²) < 4.78 is 6.16. The second kappa shape index (κ2) is 4.79. The van der Waals surface area contributed by atoms with Crippen LogP contribution in [0.25, 0.3) is 26.8 Å². The van der Waals surface area contributed by atoms with Crippen molar-refractivity contribution in [2.24, 2.45) is 0 Å². The average molecular weight is 303 g/mol. The molecule has 1 aliphatic heterocycles. The molecule has 0 bridgehead atoms. The van der Waals surface area contributed by atoms with Crippen molar-refractivity contribution >= 4 is 27.6 Å². The quantitative estimate of drug-likeness (QED) is 0.608. The van der Waals surface area contributed by atoms with E-state index in [0.717, 1.165) is 33.2 Å². The molecule has 23 heavy (non-hydrogen) atoms. The molecule has 4 nitrogen and oxygen atoms in total. The molecule has 4 heteroatoms. The van der Waals surface area contributed by atoms with Gasteiger partial charge in [-0.15, -0.1) is 0 Å². The highest BCUT2D eigenvalue weighted by atomic mass is 16.3. The summed E-state index contributed by atoms with van der Waals surface area (Å²) in [5.74, 6) is 0.644. The second-order valence-electron chi connectivity index (χ2n) is 5.96. The average Bonchev–Trinajstić information content (AvgIpc) is 3.06. The fourth-order valence-electron chi connectivity index (χ4n) is 3.25. The minimum Gasteiger partial charge on any atom is -0.454 e. The van der Waals surface area contributed by atoms with Crippen LogP contribution in [0, 0.1) is 13.5 Å². The highest BCUT2D eigenvalue weighted by Crippen LogP contribution is 2.40. The standard InChI is InChI=1S/C19H17N3O/c1-12-9-10-15-14-7-5-6-8-16(14)23-19(15)18(12)22-11-17(20-3)21(4)13(22)2/h5-11,13H,1-2,4H3/t13-/m0/s1. The molecule has 0 amide bonds. The predicted octanol–water partition coefficient (Wildman–Crippen LogP) is 4.71. The van der Waals surface area contributed by atoms with Crippen molar-refractivity contribution in [1.29, 1.82) is 0 Å². The normalized spacial score (nSPS) is 17.8. The lowest BCUT2D eigenvalue weighted by Crippen LogP contribution is -2.34. The van der Waals surface area contributed by atoms with Gasteiger partial charge in [0.2, 0.25) is 5.82 Å². The Morgan fingerprint density at radius 3 is 2.65 bits per heavy atom. The maximum Gasteiger partial charge on any atom is 0.243 e. The topological polar surface area (TPSA) is 24.0 Å². The summed E-state index contributed by atoms with van der Waals surface area (Å²) in [7, 11) is 1.95. The van der Waals surface area contributed by atoms with E-state index in [9.17, 15) is 0 Å². The van der Waals surface area contributed by atoms with Gasteiger partial charge in [0.25, 0.3) is 0 Å². The van der Waals surface area contributed by atoms with E-state index in [4.69, 9.17) is 11.0 Å². The smallest absolute Gasteiger partial charge is 0.243 e. The molecule has 2 heterocycles. The lowest BCUT2D eigenvalue weighted by atomic mass is 10.1. The number of rotatable bonds is 1. The van der Waals surface area contributed by atoms with Gasteiger partial charge in [-0.1, -0.05) is 36.9 Å². The molecule has 114 valence electrons. The molecule has 1 atom stereocenters. The number of furan rings is 1. The molecular formula is C19H17N3O. The Bertz CT molecular complexity index is 993. The van der Waals surface area contributed by atoms with Crippen LogP contribution in [-0.4, -0.2) is 18.1 Å². The molecule has 0 fully saturated rings. The molecule has 1 aromatic heterocycles. The monoisotopic (exact) mass is 303 g/mol. The van der Waals surface area contributed by atoms with Crippen molar-refractivity contribution in [3.63, 3.8) is 0 Å². The van der Waals surface area contributed by atoms with Crippen LogP contribution in [0.15, 0.2) is 52.8 Å². The van der Waals surface area contributed by atoms with Crippen LogP contribution in [0.2, 0.25) is 0 Å². The van der Waals surface area contributed by atoms with Crippen LogP contribution in [-0.2, 0) is 0 Å². The molecule has 0 unspecified atom stereocenters. The van der Waals surface area contributed by atoms with Gasteiger partial charge in [0.1, 0.15) is 5.58 Å². The van der Waals surface area contributed by atoms with E-state index in [1.54, 1.807) is 0 Å². The molecule has 0 N–H and O–H groups in total. The Hall–Kier alpha value is -2.93. The Morgan fingerprint density at radius 2 is 1.91 bits per heavy atom. The first-order chi connectivity index (χ1) is 11.1. The zero-order valence-corrected chi connectivity index (χ0v) is 13.4. The minimum atomic E-state index is 0.0802. The summed E-state index contributed by atoms with van der Waals surface area (Å²) in [6, 6.07) is 12.3. The highest BCUT2D eigenvalue weighted by Gasteiger charge is 2.31. The van der Waals surface area contributed by atoms with Gasteiger partial charge in [-0.2, -0.15) is 0 Å². The van der Waals surface area contributed by atoms with Crippen LogP contribution >= 0.6 is 0 Å². The first-order valence-electron chi connectivity index (χ1n) is 7.63. The zero-order valence-electron chi connectivity index (χ0n) is 13.4. The molecule has 1 aliphatic rings. The lowest BCUT2D eigenvalue weighted by molar-refractivity contribution is 0.364. The van der Waals surface area contributed by atoms with Gasteiger partial charge in [-0.05, 0) is 25.5 Å². The Kier molecular flexibility index (Phi) is 2.85. The maximum absolute atomic E-state index is 7.34. The molecule has 0 saturated carbocycles. The van der Waals surface area contributed by atoms with Crippen molar-refractivity contribution in [3.8, 4) is 0 Å². The van der Waals surface area contributed by atoms with E-state index in [0.29, 0.717) is 5.82 Å². The number of anilines is 1. The first kappa shape index (κ1) is 13.7. The van der Waals surface area contributed by atoms with Crippen molar-refractivity contribution in [2.75, 3.05) is 11.9 Å². The molecule has 3 aromatic rings. The third-order valence-corrected chi connectivity index (χ3v) is 4.67. The van der Waals surface area contributed by atoms with Crippen LogP contribution in [0.5, 0.6) is 0 Å². The summed E-state index contributed by atoms with van der Waals surface area (Å²) in [6.07, 6.45) is 1.99. The Morgan fingerprint density at radius 1 is 1.13 bits per heavy atom. The van der Waals surface area contributed by atoms with Crippen molar-refractivity contribution in [1.82, 2.24) is 4.90 Å². The van der Waals surface area contributed by atoms with E-state index in [2.05, 4.69) is 41.8 Å². The molecule has 0 saturated heterocycles. The number of para-hydroxylation sites is 1. The number of hydrogen-bond acceptors (Lipinski definition) is 3. The summed E-state index contributed by atoms with van der Waals surface area (Å²) in [5.41, 5.74) is 3.95. The van der Waals surface area contributed by atoms with Crippen LogP contribution in [0.1, 0.15) is 12.5 Å². The van der Waals surface area contributed by atoms with E-state index >= 15 is 0 Å². The molecule has 4 rings (SSSR count). The fourth-order valence-corrected chi connectivity index (χ4v) is 3.25. The third kappa shape index (κ3) is 1.83. The van der Waals surface area contributed by atoms with Gasteiger partial charge in [-0.3, -0.25) is 0 Å². The first-order valence-corrected chi connectivity index (χ1v) is 7.63. The van der Waals surface area contributed by atoms with E-state index in [1.807, 2.05) is 36.3 Å². The van der Waals surface area contributed by atoms with Gasteiger partial charge in [0.05, 0.1) is 12.7 Å². The summed E-state index contributed by atoms with van der Waals surface area (Å²) in [5, 5.41) is 2.24. The minimum absolute atomic E-state index is 0.0802. The Labute approximate surface area is 135 Å². The van der Waals surface area contributed by atoms with Gasteiger partial charge < -0.3 is 19.1 Å². The zero-order chi connectivity index (χ0) is 16.1. The van der Waals surface area contributed by atoms with E-state index in [-0.39, 0.29) is 6.17 Å². The molecule has 0 aliphatic carbocycles. The third-order valence-electron chi connectivity index (χ3n) is 4.67. The maximum atomic E-state index is 7.34. The number of benzene rings is 2. The van der Waals surface area contributed by atoms with Gasteiger partial charge in [-0.25, -0.2) is 0 Å². The summed E-state index contributed by atoms with van der Waals surface area (Å²) in [6.45, 7) is 11.5. The lowest BCUT2D eigenvalue weighted by Gasteiger charge is -2.26. The number of aryl methyl sites for hydroxylation is 1. The van der Waals surface area contributed by atoms with E-state index in [1.165, 1.54) is 0 Å². The second-order valence-corrected chi connectivity index (χ2v) is 5.96. The number of hydrogen-bond donors (Lipinski definition) is 0. The van der Waals surface area contributed by atoms with Crippen molar-refractivity contribution < 1.29 is 4.42 Å². The van der Waals surface area contributed by atoms with Gasteiger partial charge in [0, 0.05) is 17.0 Å². The van der Waals surface area contributed by atoms with Crippen LogP contribution < -0.4 is 4.90 Å². The Balaban J connectivity index is 2.02. The number of fused-ring (bicyclic) bond motifs is 3. The molecule has 2 aromatic carbocycles. The van der Waals surface area contributed by atoms with E-state index < -0.39 is 0 Å². The van der Waals surface area contributed by atoms with Crippen LogP contribution in [0.4, 0.5) is 5.69 Å². The summed E-state index contributed by atoms with van der Waals surface area (Å²) >= 11 is 0. The molecule has 0 radical (unpaired) electrons. The fraction of sp³-hybridized carbons (Fsp3) is 0.211. The van der Waals surface area contributed by atoms with Crippen LogP contribution in [0.3, 0.4) is 0 Å². The predicted molar refractivity (Wildman–Crippen MR) is 92.8 cm³/mol. The molecule has 0 spiro atoms. The SMILES string of the molecule is [C-]#[N+]C1=CN(c2c(C)ccc3c2oc2ccccc23)[C@@H](C)N1C. The number of nitrogens with zero attached hydrogens (tertiary/aromatic N) is 3. The molecular weight excluding hydrogens is 286 g/mol. The van der Waals surface area contributed by atoms with Crippen molar-refractivity contribution in [3.05, 3.63) is 65.4 Å².